The van der Waals surface area contributed by atoms with Gasteiger partial charge in [-0.3, -0.25) is 0 Å². The zero-order chi connectivity index (χ0) is 12.1. The molecule has 88 valence electrons. The van der Waals surface area contributed by atoms with Crippen LogP contribution in [0.15, 0.2) is 43.0 Å². The zero-order valence-electron chi connectivity index (χ0n) is 9.88. The Kier molecular flexibility index (Phi) is 4.71. The number of aliphatic hydroxyl groups excluding tert-OH is 2. The number of aliphatic hydroxyl groups is 2. The largest absolute Gasteiger partial charge is 0.392 e. The maximum atomic E-state index is 10.1. The van der Waals surface area contributed by atoms with Crippen LogP contribution in [0.25, 0.3) is 0 Å². The van der Waals surface area contributed by atoms with E-state index in [1.807, 2.05) is 44.2 Å². The molecular formula is C14H20O2. The molecule has 0 amide bonds. The molecule has 0 aliphatic rings. The second kappa shape index (κ2) is 5.83. The summed E-state index contributed by atoms with van der Waals surface area (Å²) < 4.78 is 0. The van der Waals surface area contributed by atoms with E-state index < -0.39 is 12.2 Å². The number of hydrogen-bond acceptors (Lipinski definition) is 2. The van der Waals surface area contributed by atoms with Crippen LogP contribution in [0, 0.1) is 5.92 Å². The summed E-state index contributed by atoms with van der Waals surface area (Å²) in [7, 11) is 0. The second-order valence-corrected chi connectivity index (χ2v) is 4.28. The summed E-state index contributed by atoms with van der Waals surface area (Å²) in [4.78, 5) is 0. The molecule has 0 saturated heterocycles. The molecule has 0 unspecified atom stereocenters. The fourth-order valence-electron chi connectivity index (χ4n) is 1.83. The van der Waals surface area contributed by atoms with Crippen LogP contribution >= 0.6 is 0 Å². The van der Waals surface area contributed by atoms with Crippen LogP contribution < -0.4 is 0 Å². The lowest BCUT2D eigenvalue weighted by Gasteiger charge is -2.27. The van der Waals surface area contributed by atoms with Crippen LogP contribution in [0.5, 0.6) is 0 Å². The summed E-state index contributed by atoms with van der Waals surface area (Å²) >= 11 is 0. The molecule has 1 aromatic rings. The van der Waals surface area contributed by atoms with Crippen LogP contribution in [0.1, 0.15) is 25.3 Å². The molecule has 0 aliphatic carbocycles. The first-order valence-electron chi connectivity index (χ1n) is 5.61. The molecule has 0 aliphatic heterocycles. The number of hydrogen-bond donors (Lipinski definition) is 2. The average molecular weight is 220 g/mol. The van der Waals surface area contributed by atoms with Gasteiger partial charge in [0.25, 0.3) is 0 Å². The first kappa shape index (κ1) is 12.9. The molecule has 0 radical (unpaired) electrons. The summed E-state index contributed by atoms with van der Waals surface area (Å²) in [5.74, 6) is -0.210. The molecule has 0 aromatic heterocycles. The van der Waals surface area contributed by atoms with Crippen molar-refractivity contribution in [3.05, 3.63) is 48.6 Å². The van der Waals surface area contributed by atoms with Crippen molar-refractivity contribution in [2.45, 2.75) is 32.0 Å². The molecule has 0 fully saturated rings. The van der Waals surface area contributed by atoms with Crippen LogP contribution in [-0.4, -0.2) is 22.4 Å². The highest BCUT2D eigenvalue weighted by Gasteiger charge is 2.26. The first-order chi connectivity index (χ1) is 7.57. The third-order valence-electron chi connectivity index (χ3n) is 3.16. The summed E-state index contributed by atoms with van der Waals surface area (Å²) in [5, 5.41) is 19.7. The van der Waals surface area contributed by atoms with Gasteiger partial charge in [0.2, 0.25) is 0 Å². The van der Waals surface area contributed by atoms with Crippen LogP contribution in [0.2, 0.25) is 0 Å². The molecule has 4 atom stereocenters. The minimum atomic E-state index is -0.666. The lowest BCUT2D eigenvalue weighted by molar-refractivity contribution is 0.0313. The van der Waals surface area contributed by atoms with Crippen molar-refractivity contribution in [2.24, 2.45) is 5.92 Å². The molecule has 0 bridgehead atoms. The van der Waals surface area contributed by atoms with Gasteiger partial charge in [0.05, 0.1) is 12.2 Å². The zero-order valence-corrected chi connectivity index (χ0v) is 9.88. The molecule has 0 spiro atoms. The van der Waals surface area contributed by atoms with E-state index in [-0.39, 0.29) is 11.8 Å². The highest BCUT2D eigenvalue weighted by molar-refractivity contribution is 5.20. The quantitative estimate of drug-likeness (QED) is 0.748. The molecular weight excluding hydrogens is 200 g/mol. The van der Waals surface area contributed by atoms with E-state index in [2.05, 4.69) is 6.58 Å². The Hall–Kier alpha value is -1.12. The highest BCUT2D eigenvalue weighted by Crippen LogP contribution is 2.25. The Balaban J connectivity index is 2.74. The van der Waals surface area contributed by atoms with Gasteiger partial charge in [-0.25, -0.2) is 0 Å². The standard InChI is InChI=1S/C14H20O2/c1-4-13(15)11(3)14(16)10(2)12-8-6-5-7-9-12/h4-11,13-16H,1H2,2-3H3/t10-,11-,13-,14+/m0/s1. The van der Waals surface area contributed by atoms with E-state index in [9.17, 15) is 10.2 Å². The van der Waals surface area contributed by atoms with Gasteiger partial charge in [0.15, 0.2) is 0 Å². The Morgan fingerprint density at radius 1 is 1.12 bits per heavy atom. The van der Waals surface area contributed by atoms with Gasteiger partial charge < -0.3 is 10.2 Å². The van der Waals surface area contributed by atoms with Crippen molar-refractivity contribution in [1.82, 2.24) is 0 Å². The average Bonchev–Trinajstić information content (AvgIpc) is 2.36. The predicted molar refractivity (Wildman–Crippen MR) is 66.2 cm³/mol. The molecule has 2 heteroatoms. The van der Waals surface area contributed by atoms with Crippen molar-refractivity contribution in [1.29, 1.82) is 0 Å². The van der Waals surface area contributed by atoms with Crippen LogP contribution in [-0.2, 0) is 0 Å². The molecule has 1 rings (SSSR count). The fraction of sp³-hybridized carbons (Fsp3) is 0.429. The lowest BCUT2D eigenvalue weighted by Crippen LogP contribution is -2.32. The van der Waals surface area contributed by atoms with Crippen molar-refractivity contribution in [2.75, 3.05) is 0 Å². The molecule has 16 heavy (non-hydrogen) atoms. The first-order valence-corrected chi connectivity index (χ1v) is 5.61. The minimum Gasteiger partial charge on any atom is -0.392 e. The number of benzene rings is 1. The minimum absolute atomic E-state index is 0.00537. The van der Waals surface area contributed by atoms with E-state index in [1.165, 1.54) is 6.08 Å². The van der Waals surface area contributed by atoms with Crippen molar-refractivity contribution < 1.29 is 10.2 Å². The number of rotatable bonds is 5. The van der Waals surface area contributed by atoms with Gasteiger partial charge >= 0.3 is 0 Å². The van der Waals surface area contributed by atoms with Crippen molar-refractivity contribution in [3.63, 3.8) is 0 Å². The Labute approximate surface area is 97.2 Å². The third-order valence-corrected chi connectivity index (χ3v) is 3.16. The van der Waals surface area contributed by atoms with Gasteiger partial charge in [-0.1, -0.05) is 50.3 Å². The summed E-state index contributed by atoms with van der Waals surface area (Å²) in [6.07, 6.45) is 0.225. The van der Waals surface area contributed by atoms with Gasteiger partial charge in [-0.2, -0.15) is 0 Å². The predicted octanol–water partition coefficient (Wildman–Crippen LogP) is 2.33. The Morgan fingerprint density at radius 3 is 2.19 bits per heavy atom. The van der Waals surface area contributed by atoms with E-state index in [0.717, 1.165) is 5.56 Å². The van der Waals surface area contributed by atoms with E-state index in [4.69, 9.17) is 0 Å². The molecule has 0 heterocycles. The summed E-state index contributed by atoms with van der Waals surface area (Å²) in [6.45, 7) is 7.33. The van der Waals surface area contributed by atoms with Crippen LogP contribution in [0.3, 0.4) is 0 Å². The van der Waals surface area contributed by atoms with Gasteiger partial charge in [0.1, 0.15) is 0 Å². The van der Waals surface area contributed by atoms with E-state index in [0.29, 0.717) is 0 Å². The highest BCUT2D eigenvalue weighted by atomic mass is 16.3. The molecule has 0 saturated carbocycles. The monoisotopic (exact) mass is 220 g/mol. The molecule has 2 nitrogen and oxygen atoms in total. The van der Waals surface area contributed by atoms with E-state index >= 15 is 0 Å². The second-order valence-electron chi connectivity index (χ2n) is 4.28. The maximum Gasteiger partial charge on any atom is 0.0768 e. The SMILES string of the molecule is C=C[C@H](O)[C@H](C)[C@H](O)[C@@H](C)c1ccccc1. The molecule has 1 aromatic carbocycles. The van der Waals surface area contributed by atoms with Gasteiger partial charge in [-0.15, -0.1) is 6.58 Å². The summed E-state index contributed by atoms with van der Waals surface area (Å²) in [6, 6.07) is 9.83. The topological polar surface area (TPSA) is 40.5 Å². The van der Waals surface area contributed by atoms with Crippen molar-refractivity contribution >= 4 is 0 Å². The third kappa shape index (κ3) is 2.94. The molecule has 2 N–H and O–H groups in total. The Morgan fingerprint density at radius 2 is 1.69 bits per heavy atom. The van der Waals surface area contributed by atoms with Crippen LogP contribution in [0.4, 0.5) is 0 Å². The normalized spacial score (nSPS) is 18.5. The fourth-order valence-corrected chi connectivity index (χ4v) is 1.83. The summed E-state index contributed by atoms with van der Waals surface area (Å²) in [5.41, 5.74) is 1.08. The van der Waals surface area contributed by atoms with Gasteiger partial charge in [-0.05, 0) is 5.56 Å². The van der Waals surface area contributed by atoms with Gasteiger partial charge in [0, 0.05) is 11.8 Å². The Bertz CT molecular complexity index is 321. The lowest BCUT2D eigenvalue weighted by atomic mass is 9.85. The smallest absolute Gasteiger partial charge is 0.0768 e. The van der Waals surface area contributed by atoms with Crippen molar-refractivity contribution in [3.8, 4) is 0 Å². The maximum absolute atomic E-state index is 10.1. The van der Waals surface area contributed by atoms with E-state index in [1.54, 1.807) is 0 Å².